The van der Waals surface area contributed by atoms with Crippen LogP contribution in [0.25, 0.3) is 0 Å². The molecule has 0 aromatic heterocycles. The lowest BCUT2D eigenvalue weighted by Crippen LogP contribution is -2.43. The van der Waals surface area contributed by atoms with E-state index in [4.69, 9.17) is 0 Å². The fraction of sp³-hybridized carbons (Fsp3) is 0.400. The Kier molecular flexibility index (Phi) is 4.65. The van der Waals surface area contributed by atoms with Crippen LogP contribution in [0.5, 0.6) is 0 Å². The summed E-state index contributed by atoms with van der Waals surface area (Å²) in [5.41, 5.74) is 1.94. The average Bonchev–Trinajstić information content (AvgIpc) is 2.93. The van der Waals surface area contributed by atoms with Crippen molar-refractivity contribution >= 4 is 23.6 Å². The van der Waals surface area contributed by atoms with E-state index in [1.54, 1.807) is 25.1 Å². The van der Waals surface area contributed by atoms with Gasteiger partial charge in [0.2, 0.25) is 0 Å². The molecule has 0 aliphatic carbocycles. The number of esters is 1. The molecule has 0 unspecified atom stereocenters. The van der Waals surface area contributed by atoms with Crippen LogP contribution in [0.3, 0.4) is 0 Å². The fourth-order valence-corrected chi connectivity index (χ4v) is 2.23. The van der Waals surface area contributed by atoms with Gasteiger partial charge in [-0.3, -0.25) is 9.69 Å². The van der Waals surface area contributed by atoms with Crippen molar-refractivity contribution in [2.75, 3.05) is 25.5 Å². The highest BCUT2D eigenvalue weighted by Crippen LogP contribution is 2.19. The van der Waals surface area contributed by atoms with E-state index in [0.29, 0.717) is 24.3 Å². The van der Waals surface area contributed by atoms with E-state index >= 15 is 0 Å². The standard InChI is InChI=1S/C15H19N3O4/c1-9-4-5-11(14(20)22-3)8-12(9)17-10(2)13(19)18-7-6-16-15(18)21/h4-5,8,10,17H,6-7H2,1-3H3,(H,16,21)/t10-/m0/s1. The number of amides is 3. The van der Waals surface area contributed by atoms with Gasteiger partial charge in [-0.2, -0.15) is 0 Å². The van der Waals surface area contributed by atoms with Crippen LogP contribution >= 0.6 is 0 Å². The highest BCUT2D eigenvalue weighted by atomic mass is 16.5. The summed E-state index contributed by atoms with van der Waals surface area (Å²) in [4.78, 5) is 36.5. The van der Waals surface area contributed by atoms with Crippen LogP contribution in [0, 0.1) is 6.92 Å². The lowest BCUT2D eigenvalue weighted by atomic mass is 10.1. The quantitative estimate of drug-likeness (QED) is 0.814. The highest BCUT2D eigenvalue weighted by molar-refractivity contribution is 5.99. The number of nitrogens with zero attached hydrogens (tertiary/aromatic N) is 1. The molecule has 1 fully saturated rings. The molecule has 118 valence electrons. The number of aryl methyl sites for hydroxylation is 1. The summed E-state index contributed by atoms with van der Waals surface area (Å²) >= 11 is 0. The number of benzene rings is 1. The summed E-state index contributed by atoms with van der Waals surface area (Å²) in [5, 5.41) is 5.64. The van der Waals surface area contributed by atoms with Gasteiger partial charge in [0, 0.05) is 18.8 Å². The van der Waals surface area contributed by atoms with Gasteiger partial charge in [-0.15, -0.1) is 0 Å². The van der Waals surface area contributed by atoms with Crippen molar-refractivity contribution in [2.45, 2.75) is 19.9 Å². The van der Waals surface area contributed by atoms with Crippen molar-refractivity contribution in [2.24, 2.45) is 0 Å². The van der Waals surface area contributed by atoms with Crippen molar-refractivity contribution < 1.29 is 19.1 Å². The zero-order valence-electron chi connectivity index (χ0n) is 12.8. The molecule has 7 heteroatoms. The molecule has 1 aromatic rings. The van der Waals surface area contributed by atoms with Crippen molar-refractivity contribution in [1.82, 2.24) is 10.2 Å². The number of imide groups is 1. The molecule has 0 spiro atoms. The molecular formula is C15H19N3O4. The second-order valence-electron chi connectivity index (χ2n) is 5.11. The van der Waals surface area contributed by atoms with Gasteiger partial charge >= 0.3 is 12.0 Å². The Balaban J connectivity index is 2.13. The van der Waals surface area contributed by atoms with Crippen molar-refractivity contribution in [3.63, 3.8) is 0 Å². The van der Waals surface area contributed by atoms with Crippen molar-refractivity contribution in [3.8, 4) is 0 Å². The van der Waals surface area contributed by atoms with Gasteiger partial charge in [-0.05, 0) is 31.5 Å². The number of anilines is 1. The molecule has 7 nitrogen and oxygen atoms in total. The van der Waals surface area contributed by atoms with Crippen LogP contribution < -0.4 is 10.6 Å². The molecule has 1 aliphatic heterocycles. The first-order chi connectivity index (χ1) is 10.4. The van der Waals surface area contributed by atoms with E-state index in [0.717, 1.165) is 5.56 Å². The van der Waals surface area contributed by atoms with Gasteiger partial charge in [-0.1, -0.05) is 6.07 Å². The Morgan fingerprint density at radius 1 is 1.41 bits per heavy atom. The summed E-state index contributed by atoms with van der Waals surface area (Å²) < 4.78 is 4.68. The average molecular weight is 305 g/mol. The number of rotatable bonds is 4. The molecule has 3 amide bonds. The van der Waals surface area contributed by atoms with Crippen LogP contribution in [0.4, 0.5) is 10.5 Å². The molecule has 0 saturated carbocycles. The van der Waals surface area contributed by atoms with Gasteiger partial charge in [0.25, 0.3) is 5.91 Å². The normalized spacial score (nSPS) is 15.2. The molecule has 1 atom stereocenters. The molecule has 0 radical (unpaired) electrons. The Labute approximate surface area is 128 Å². The van der Waals surface area contributed by atoms with E-state index in [1.807, 2.05) is 6.92 Å². The molecule has 0 bridgehead atoms. The second kappa shape index (κ2) is 6.46. The van der Waals surface area contributed by atoms with Crippen LogP contribution in [-0.4, -0.2) is 49.0 Å². The van der Waals surface area contributed by atoms with Gasteiger partial charge in [0.05, 0.1) is 12.7 Å². The van der Waals surface area contributed by atoms with E-state index in [-0.39, 0.29) is 11.9 Å². The van der Waals surface area contributed by atoms with Crippen LogP contribution in [-0.2, 0) is 9.53 Å². The third-order valence-electron chi connectivity index (χ3n) is 3.52. The third kappa shape index (κ3) is 3.19. The molecular weight excluding hydrogens is 286 g/mol. The Hall–Kier alpha value is -2.57. The number of hydrogen-bond acceptors (Lipinski definition) is 5. The first-order valence-corrected chi connectivity index (χ1v) is 6.98. The number of hydrogen-bond donors (Lipinski definition) is 2. The van der Waals surface area contributed by atoms with Crippen molar-refractivity contribution in [1.29, 1.82) is 0 Å². The Bertz CT molecular complexity index is 615. The Morgan fingerprint density at radius 2 is 2.14 bits per heavy atom. The molecule has 22 heavy (non-hydrogen) atoms. The summed E-state index contributed by atoms with van der Waals surface area (Å²) in [6, 6.07) is 4.10. The first-order valence-electron chi connectivity index (χ1n) is 6.98. The van der Waals surface area contributed by atoms with Crippen LogP contribution in [0.1, 0.15) is 22.8 Å². The fourth-order valence-electron chi connectivity index (χ4n) is 2.23. The predicted molar refractivity (Wildman–Crippen MR) is 80.7 cm³/mol. The molecule has 1 saturated heterocycles. The molecule has 2 rings (SSSR count). The lowest BCUT2D eigenvalue weighted by Gasteiger charge is -2.21. The molecule has 1 heterocycles. The summed E-state index contributed by atoms with van der Waals surface area (Å²) in [5.74, 6) is -0.751. The zero-order valence-corrected chi connectivity index (χ0v) is 12.8. The van der Waals surface area contributed by atoms with E-state index in [1.165, 1.54) is 12.0 Å². The number of carbonyl (C=O) groups excluding carboxylic acids is 3. The molecule has 1 aromatic carbocycles. The minimum Gasteiger partial charge on any atom is -0.465 e. The molecule has 2 N–H and O–H groups in total. The summed E-state index contributed by atoms with van der Waals surface area (Å²) in [6.07, 6.45) is 0. The van der Waals surface area contributed by atoms with Crippen molar-refractivity contribution in [3.05, 3.63) is 29.3 Å². The van der Waals surface area contributed by atoms with E-state index in [9.17, 15) is 14.4 Å². The van der Waals surface area contributed by atoms with Gasteiger partial charge < -0.3 is 15.4 Å². The number of methoxy groups -OCH3 is 1. The number of carbonyl (C=O) groups is 3. The first kappa shape index (κ1) is 15.8. The smallest absolute Gasteiger partial charge is 0.337 e. The van der Waals surface area contributed by atoms with Gasteiger partial charge in [0.15, 0.2) is 0 Å². The van der Waals surface area contributed by atoms with Gasteiger partial charge in [0.1, 0.15) is 6.04 Å². The minimum atomic E-state index is -0.588. The molecule has 1 aliphatic rings. The number of urea groups is 1. The number of ether oxygens (including phenoxy) is 1. The summed E-state index contributed by atoms with van der Waals surface area (Å²) in [7, 11) is 1.31. The van der Waals surface area contributed by atoms with Crippen LogP contribution in [0.2, 0.25) is 0 Å². The third-order valence-corrected chi connectivity index (χ3v) is 3.52. The maximum Gasteiger partial charge on any atom is 0.337 e. The maximum absolute atomic E-state index is 12.3. The summed E-state index contributed by atoms with van der Waals surface area (Å²) in [6.45, 7) is 4.38. The van der Waals surface area contributed by atoms with Gasteiger partial charge in [-0.25, -0.2) is 9.59 Å². The zero-order chi connectivity index (χ0) is 16.3. The lowest BCUT2D eigenvalue weighted by molar-refractivity contribution is -0.128. The Morgan fingerprint density at radius 3 is 2.73 bits per heavy atom. The topological polar surface area (TPSA) is 87.7 Å². The monoisotopic (exact) mass is 305 g/mol. The predicted octanol–water partition coefficient (Wildman–Crippen LogP) is 1.13. The van der Waals surface area contributed by atoms with E-state index < -0.39 is 12.0 Å². The second-order valence-corrected chi connectivity index (χ2v) is 5.11. The maximum atomic E-state index is 12.3. The number of nitrogens with one attached hydrogen (secondary N) is 2. The highest BCUT2D eigenvalue weighted by Gasteiger charge is 2.29. The van der Waals surface area contributed by atoms with Crippen LogP contribution in [0.15, 0.2) is 18.2 Å². The SMILES string of the molecule is COC(=O)c1ccc(C)c(N[C@@H](C)C(=O)N2CCNC2=O)c1. The minimum absolute atomic E-state index is 0.308. The van der Waals surface area contributed by atoms with E-state index in [2.05, 4.69) is 15.4 Å². The largest absolute Gasteiger partial charge is 0.465 e.